The summed E-state index contributed by atoms with van der Waals surface area (Å²) in [5, 5.41) is 10.4. The minimum atomic E-state index is -1.06. The largest absolute Gasteiger partial charge is 0.479 e. The predicted octanol–water partition coefficient (Wildman–Crippen LogP) is 7.21. The van der Waals surface area contributed by atoms with Crippen molar-refractivity contribution >= 4 is 29.2 Å². The first kappa shape index (κ1) is 26.7. The van der Waals surface area contributed by atoms with E-state index in [-0.39, 0.29) is 11.9 Å². The molecule has 1 fully saturated rings. The highest BCUT2D eigenvalue weighted by molar-refractivity contribution is 6.31. The number of aryl methyl sites for hydroxylation is 3. The van der Waals surface area contributed by atoms with Crippen LogP contribution >= 0.6 is 11.6 Å². The van der Waals surface area contributed by atoms with Gasteiger partial charge in [-0.25, -0.2) is 4.79 Å². The lowest BCUT2D eigenvalue weighted by Crippen LogP contribution is -2.45. The van der Waals surface area contributed by atoms with Crippen molar-refractivity contribution in [2.45, 2.75) is 58.5 Å². The topological polar surface area (TPSA) is 60.9 Å². The average molecular weight is 519 g/mol. The zero-order valence-electron chi connectivity index (χ0n) is 22.4. The Morgan fingerprint density at radius 2 is 1.59 bits per heavy atom. The second-order valence-corrected chi connectivity index (χ2v) is 10.7. The average Bonchev–Trinajstić information content (AvgIpc) is 3.68. The molecule has 4 rings (SSSR count). The van der Waals surface area contributed by atoms with Crippen molar-refractivity contribution in [3.63, 3.8) is 0 Å². The minimum absolute atomic E-state index is 0.203. The molecule has 5 nitrogen and oxygen atoms in total. The molecule has 1 saturated carbocycles. The summed E-state index contributed by atoms with van der Waals surface area (Å²) < 4.78 is 0. The van der Waals surface area contributed by atoms with Crippen LogP contribution in [0.1, 0.15) is 64.8 Å². The maximum Gasteiger partial charge on any atom is 0.329 e. The van der Waals surface area contributed by atoms with E-state index in [9.17, 15) is 14.7 Å². The molecule has 194 valence electrons. The molecule has 37 heavy (non-hydrogen) atoms. The summed E-state index contributed by atoms with van der Waals surface area (Å²) in [6.45, 7) is 8.06. The van der Waals surface area contributed by atoms with E-state index in [0.29, 0.717) is 18.4 Å². The molecule has 1 atom stereocenters. The number of benzene rings is 3. The molecule has 0 aliphatic heterocycles. The Morgan fingerprint density at radius 1 is 0.946 bits per heavy atom. The van der Waals surface area contributed by atoms with E-state index >= 15 is 0 Å². The van der Waals surface area contributed by atoms with Gasteiger partial charge in [0.05, 0.1) is 6.04 Å². The highest BCUT2D eigenvalue weighted by Gasteiger charge is 2.55. The maximum absolute atomic E-state index is 13.3. The highest BCUT2D eigenvalue weighted by Crippen LogP contribution is 2.42. The van der Waals surface area contributed by atoms with Gasteiger partial charge >= 0.3 is 5.97 Å². The van der Waals surface area contributed by atoms with Gasteiger partial charge in [-0.05, 0) is 91.6 Å². The molecular formula is C31H35ClN2O3. The summed E-state index contributed by atoms with van der Waals surface area (Å²) in [7, 11) is 3.71. The van der Waals surface area contributed by atoms with E-state index in [4.69, 9.17) is 11.6 Å². The Morgan fingerprint density at radius 3 is 2.14 bits per heavy atom. The molecule has 0 heterocycles. The van der Waals surface area contributed by atoms with Crippen LogP contribution in [-0.2, 0) is 4.79 Å². The Bertz CT molecular complexity index is 1340. The molecule has 1 aliphatic carbocycles. The second kappa shape index (κ2) is 10.2. The molecule has 0 bridgehead atoms. The zero-order chi connectivity index (χ0) is 27.1. The molecule has 1 aliphatic rings. The first-order valence-corrected chi connectivity index (χ1v) is 13.1. The number of aliphatic carboxylic acids is 1. The number of hydrogen-bond acceptors (Lipinski definition) is 3. The third-order valence-electron chi connectivity index (χ3n) is 7.82. The fourth-order valence-corrected chi connectivity index (χ4v) is 5.45. The molecule has 0 spiro atoms. The number of carboxylic acids is 1. The lowest BCUT2D eigenvalue weighted by molar-refractivity contribution is -0.143. The Balaban J connectivity index is 1.64. The van der Waals surface area contributed by atoms with Gasteiger partial charge in [0.15, 0.2) is 0 Å². The van der Waals surface area contributed by atoms with Crippen LogP contribution in [-0.4, -0.2) is 41.5 Å². The van der Waals surface area contributed by atoms with E-state index in [1.807, 2.05) is 39.0 Å². The number of likely N-dealkylation sites (N-methyl/N-ethyl adjacent to an activating group) is 1. The van der Waals surface area contributed by atoms with E-state index in [2.05, 4.69) is 55.3 Å². The fourth-order valence-electron chi connectivity index (χ4n) is 5.33. The lowest BCUT2D eigenvalue weighted by atomic mass is 9.94. The number of nitrogens with zero attached hydrogens (tertiary/aromatic N) is 2. The molecule has 3 aromatic carbocycles. The lowest BCUT2D eigenvalue weighted by Gasteiger charge is -2.30. The number of carbonyl (C=O) groups excluding carboxylic acids is 1. The summed E-state index contributed by atoms with van der Waals surface area (Å²) in [5.41, 5.74) is 6.69. The number of anilines is 1. The van der Waals surface area contributed by atoms with E-state index < -0.39 is 11.5 Å². The second-order valence-electron chi connectivity index (χ2n) is 10.3. The van der Waals surface area contributed by atoms with Gasteiger partial charge < -0.3 is 14.9 Å². The van der Waals surface area contributed by atoms with Gasteiger partial charge in [0.2, 0.25) is 0 Å². The molecule has 0 aromatic heterocycles. The van der Waals surface area contributed by atoms with Crippen molar-refractivity contribution in [2.24, 2.45) is 0 Å². The van der Waals surface area contributed by atoms with Crippen molar-refractivity contribution in [1.82, 2.24) is 4.90 Å². The predicted molar refractivity (Wildman–Crippen MR) is 151 cm³/mol. The third kappa shape index (κ3) is 4.97. The van der Waals surface area contributed by atoms with Gasteiger partial charge in [0.25, 0.3) is 5.91 Å². The van der Waals surface area contributed by atoms with Crippen molar-refractivity contribution in [1.29, 1.82) is 0 Å². The van der Waals surface area contributed by atoms with Crippen LogP contribution in [0.5, 0.6) is 0 Å². The van der Waals surface area contributed by atoms with Crippen molar-refractivity contribution < 1.29 is 14.7 Å². The van der Waals surface area contributed by atoms with Crippen LogP contribution in [0, 0.1) is 20.8 Å². The van der Waals surface area contributed by atoms with E-state index in [1.54, 1.807) is 7.05 Å². The van der Waals surface area contributed by atoms with Crippen LogP contribution in [0.15, 0.2) is 54.6 Å². The minimum Gasteiger partial charge on any atom is -0.479 e. The molecule has 0 unspecified atom stereocenters. The van der Waals surface area contributed by atoms with Crippen molar-refractivity contribution in [3.8, 4) is 11.1 Å². The maximum atomic E-state index is 13.3. The number of rotatable bonds is 8. The number of amides is 1. The Labute approximate surface area is 224 Å². The van der Waals surface area contributed by atoms with Crippen LogP contribution in [0.3, 0.4) is 0 Å². The van der Waals surface area contributed by atoms with Gasteiger partial charge in [-0.2, -0.15) is 0 Å². The summed E-state index contributed by atoms with van der Waals surface area (Å²) in [6, 6.07) is 18.9. The van der Waals surface area contributed by atoms with Crippen LogP contribution in [0.25, 0.3) is 11.1 Å². The number of carboxylic acid groups (broad SMARTS) is 1. The van der Waals surface area contributed by atoms with Crippen molar-refractivity contribution in [3.05, 3.63) is 87.4 Å². The SMILES string of the molecule is CC[C@H](c1ccc(Cl)c(C)c1)N(C)c1cccc(-c2cc(C)c(C(=O)N(C)C3(C(=O)O)CC3)c(C)c2)c1. The number of halogens is 1. The van der Waals surface area contributed by atoms with Crippen LogP contribution < -0.4 is 4.90 Å². The summed E-state index contributed by atoms with van der Waals surface area (Å²) in [5.74, 6) is -1.17. The summed E-state index contributed by atoms with van der Waals surface area (Å²) in [6.07, 6.45) is 1.94. The van der Waals surface area contributed by atoms with Gasteiger partial charge in [0.1, 0.15) is 5.54 Å². The zero-order valence-corrected chi connectivity index (χ0v) is 23.2. The van der Waals surface area contributed by atoms with Gasteiger partial charge in [-0.3, -0.25) is 4.79 Å². The Hall–Kier alpha value is -3.31. The first-order valence-electron chi connectivity index (χ1n) is 12.7. The molecular weight excluding hydrogens is 484 g/mol. The molecule has 3 aromatic rings. The number of hydrogen-bond donors (Lipinski definition) is 1. The van der Waals surface area contributed by atoms with Crippen molar-refractivity contribution in [2.75, 3.05) is 19.0 Å². The number of carbonyl (C=O) groups is 2. The molecule has 1 N–H and O–H groups in total. The van der Waals surface area contributed by atoms with Crippen LogP contribution in [0.2, 0.25) is 5.02 Å². The monoisotopic (exact) mass is 518 g/mol. The fraction of sp³-hybridized carbons (Fsp3) is 0.355. The summed E-state index contributed by atoms with van der Waals surface area (Å²) >= 11 is 6.26. The van der Waals surface area contributed by atoms with E-state index in [1.165, 1.54) is 10.5 Å². The first-order chi connectivity index (χ1) is 17.5. The normalized spacial score (nSPS) is 14.7. The quantitative estimate of drug-likeness (QED) is 0.342. The smallest absolute Gasteiger partial charge is 0.329 e. The van der Waals surface area contributed by atoms with Gasteiger partial charge in [0, 0.05) is 30.4 Å². The molecule has 0 radical (unpaired) electrons. The third-order valence-corrected chi connectivity index (χ3v) is 8.25. The standard InChI is InChI=1S/C31H35ClN2O3/c1-7-27(23-11-12-26(32)19(2)15-23)33(5)25-10-8-9-22(18-25)24-16-20(3)28(21(4)17-24)29(35)34(6)31(13-14-31)30(36)37/h8-12,15-18,27H,7,13-14H2,1-6H3,(H,36,37)/t27-/m1/s1. The Kier molecular flexibility index (Phi) is 7.38. The highest BCUT2D eigenvalue weighted by atomic mass is 35.5. The summed E-state index contributed by atoms with van der Waals surface area (Å²) in [4.78, 5) is 28.7. The molecule has 1 amide bonds. The molecule has 0 saturated heterocycles. The van der Waals surface area contributed by atoms with Gasteiger partial charge in [-0.15, -0.1) is 0 Å². The van der Waals surface area contributed by atoms with Crippen LogP contribution in [0.4, 0.5) is 5.69 Å². The van der Waals surface area contributed by atoms with Gasteiger partial charge in [-0.1, -0.05) is 54.9 Å². The van der Waals surface area contributed by atoms with E-state index in [0.717, 1.165) is 44.9 Å². The molecule has 6 heteroatoms.